The van der Waals surface area contributed by atoms with Crippen LogP contribution < -0.4 is 0 Å². The Morgan fingerprint density at radius 2 is 2.24 bits per heavy atom. The molecular formula is C8H3F2N3O4. The average molecular weight is 243 g/mol. The molecule has 1 aromatic heterocycles. The van der Waals surface area contributed by atoms with E-state index in [9.17, 15) is 23.7 Å². The fourth-order valence-corrected chi connectivity index (χ4v) is 1.07. The molecule has 0 saturated heterocycles. The zero-order valence-corrected chi connectivity index (χ0v) is 7.92. The van der Waals surface area contributed by atoms with Crippen molar-refractivity contribution in [3.63, 3.8) is 0 Å². The number of nitriles is 1. The molecule has 0 atom stereocenters. The molecule has 7 nitrogen and oxygen atoms in total. The third kappa shape index (κ3) is 2.31. The van der Waals surface area contributed by atoms with Gasteiger partial charge in [0.1, 0.15) is 11.6 Å². The number of nitro groups is 1. The van der Waals surface area contributed by atoms with E-state index in [1.54, 1.807) is 0 Å². The maximum atomic E-state index is 12.4. The molecule has 0 fully saturated rings. The van der Waals surface area contributed by atoms with Crippen LogP contribution >= 0.6 is 0 Å². The van der Waals surface area contributed by atoms with Crippen LogP contribution in [0.5, 0.6) is 0 Å². The zero-order valence-electron chi connectivity index (χ0n) is 7.92. The molecule has 17 heavy (non-hydrogen) atoms. The Hall–Kier alpha value is -2.63. The van der Waals surface area contributed by atoms with Gasteiger partial charge < -0.3 is 15.2 Å². The van der Waals surface area contributed by atoms with Crippen molar-refractivity contribution in [3.05, 3.63) is 33.0 Å². The first-order valence-corrected chi connectivity index (χ1v) is 3.99. The van der Waals surface area contributed by atoms with Gasteiger partial charge in [0.05, 0.1) is 0 Å². The smallest absolute Gasteiger partial charge is 0.378 e. The second kappa shape index (κ2) is 4.48. The van der Waals surface area contributed by atoms with Crippen molar-refractivity contribution in [3.8, 4) is 6.07 Å². The lowest BCUT2D eigenvalue weighted by Gasteiger charge is -2.01. The van der Waals surface area contributed by atoms with Crippen LogP contribution in [0.2, 0.25) is 0 Å². The number of carbonyl (C=O) groups is 1. The molecule has 0 aromatic carbocycles. The van der Waals surface area contributed by atoms with Crippen LogP contribution in [0.3, 0.4) is 0 Å². The fourth-order valence-electron chi connectivity index (χ4n) is 1.07. The Bertz CT molecular complexity index is 538. The first-order chi connectivity index (χ1) is 7.88. The summed E-state index contributed by atoms with van der Waals surface area (Å²) in [7, 11) is 0. The second-order valence-electron chi connectivity index (χ2n) is 2.77. The summed E-state index contributed by atoms with van der Waals surface area (Å²) in [6, 6.07) is 1.82. The van der Waals surface area contributed by atoms with E-state index >= 15 is 0 Å². The highest BCUT2D eigenvalue weighted by Gasteiger charge is 2.30. The topological polar surface area (TPSA) is 117 Å². The maximum absolute atomic E-state index is 12.4. The molecular weight excluding hydrogens is 240 g/mol. The van der Waals surface area contributed by atoms with Gasteiger partial charge in [-0.2, -0.15) is 5.26 Å². The molecule has 0 aliphatic heterocycles. The second-order valence-corrected chi connectivity index (χ2v) is 2.77. The molecule has 1 aromatic rings. The van der Waals surface area contributed by atoms with Crippen molar-refractivity contribution in [1.82, 2.24) is 4.98 Å². The van der Waals surface area contributed by atoms with Crippen LogP contribution in [0.4, 0.5) is 14.6 Å². The molecule has 0 bridgehead atoms. The van der Waals surface area contributed by atoms with Crippen molar-refractivity contribution in [2.75, 3.05) is 0 Å². The number of alkyl halides is 2. The lowest BCUT2D eigenvalue weighted by atomic mass is 10.1. The quantitative estimate of drug-likeness (QED) is 0.634. The van der Waals surface area contributed by atoms with Crippen molar-refractivity contribution < 1.29 is 23.6 Å². The summed E-state index contributed by atoms with van der Waals surface area (Å²) in [5.74, 6) is -2.94. The molecule has 1 N–H and O–H groups in total. The Morgan fingerprint density at radius 1 is 1.65 bits per heavy atom. The van der Waals surface area contributed by atoms with Gasteiger partial charge in [0, 0.05) is 0 Å². The van der Waals surface area contributed by atoms with Crippen LogP contribution in [-0.2, 0) is 0 Å². The van der Waals surface area contributed by atoms with Gasteiger partial charge in [0.15, 0.2) is 5.56 Å². The number of aromatic nitrogens is 1. The summed E-state index contributed by atoms with van der Waals surface area (Å²) in [5, 5.41) is 27.6. The summed E-state index contributed by atoms with van der Waals surface area (Å²) in [6.45, 7) is 0. The number of rotatable bonds is 3. The van der Waals surface area contributed by atoms with E-state index in [1.165, 1.54) is 6.07 Å². The van der Waals surface area contributed by atoms with Crippen LogP contribution in [0.25, 0.3) is 0 Å². The number of hydrogen-bond acceptors (Lipinski definition) is 5. The summed E-state index contributed by atoms with van der Waals surface area (Å²) in [4.78, 5) is 22.8. The van der Waals surface area contributed by atoms with Gasteiger partial charge in [-0.15, -0.1) is 0 Å². The van der Waals surface area contributed by atoms with E-state index in [1.807, 2.05) is 0 Å². The van der Waals surface area contributed by atoms with E-state index in [0.717, 1.165) is 0 Å². The lowest BCUT2D eigenvalue weighted by Crippen LogP contribution is -2.09. The van der Waals surface area contributed by atoms with Crippen molar-refractivity contribution >= 4 is 11.8 Å². The standard InChI is InChI=1S/C8H3F2N3O4/c9-6(10)5-3(2-11)1-4(8(14)15)7(12-5)13(16)17/h1,6H,(H,14,15). The van der Waals surface area contributed by atoms with Crippen LogP contribution in [0, 0.1) is 21.4 Å². The highest BCUT2D eigenvalue weighted by atomic mass is 19.3. The lowest BCUT2D eigenvalue weighted by molar-refractivity contribution is -0.390. The fraction of sp³-hybridized carbons (Fsp3) is 0.125. The molecule has 0 aliphatic rings. The molecule has 0 spiro atoms. The van der Waals surface area contributed by atoms with Crippen molar-refractivity contribution in [1.29, 1.82) is 5.26 Å². The Balaban J connectivity index is 3.61. The Labute approximate surface area is 92.1 Å². The third-order valence-corrected chi connectivity index (χ3v) is 1.76. The SMILES string of the molecule is N#Cc1cc(C(=O)O)c([N+](=O)[O-])nc1C(F)F. The number of nitrogens with zero attached hydrogens (tertiary/aromatic N) is 3. The number of pyridine rings is 1. The molecule has 1 rings (SSSR count). The van der Waals surface area contributed by atoms with Gasteiger partial charge in [-0.1, -0.05) is 0 Å². The predicted octanol–water partition coefficient (Wildman–Crippen LogP) is 1.50. The normalized spacial score (nSPS) is 10.0. The molecule has 0 aliphatic carbocycles. The summed E-state index contributed by atoms with van der Waals surface area (Å²) in [6.07, 6.45) is -3.20. The monoisotopic (exact) mass is 243 g/mol. The van der Waals surface area contributed by atoms with Crippen molar-refractivity contribution in [2.24, 2.45) is 0 Å². The Kier molecular flexibility index (Phi) is 3.28. The van der Waals surface area contributed by atoms with E-state index in [2.05, 4.69) is 4.98 Å². The van der Waals surface area contributed by atoms with Gasteiger partial charge in [-0.25, -0.2) is 13.6 Å². The molecule has 1 heterocycles. The molecule has 9 heteroatoms. The highest BCUT2D eigenvalue weighted by Crippen LogP contribution is 2.26. The summed E-state index contributed by atoms with van der Waals surface area (Å²) >= 11 is 0. The average Bonchev–Trinajstić information content (AvgIpc) is 2.26. The minimum Gasteiger partial charge on any atom is -0.477 e. The molecule has 0 radical (unpaired) electrons. The first-order valence-electron chi connectivity index (χ1n) is 3.99. The minimum atomic E-state index is -3.20. The third-order valence-electron chi connectivity index (χ3n) is 1.76. The molecule has 0 unspecified atom stereocenters. The van der Waals surface area contributed by atoms with Gasteiger partial charge >= 0.3 is 18.2 Å². The number of carboxylic acids is 1. The van der Waals surface area contributed by atoms with Crippen LogP contribution in [-0.4, -0.2) is 21.0 Å². The molecule has 0 amide bonds. The van der Waals surface area contributed by atoms with E-state index in [4.69, 9.17) is 10.4 Å². The predicted molar refractivity (Wildman–Crippen MR) is 47.5 cm³/mol. The van der Waals surface area contributed by atoms with Gasteiger partial charge in [-0.05, 0) is 16.0 Å². The van der Waals surface area contributed by atoms with E-state index < -0.39 is 40.0 Å². The first kappa shape index (κ1) is 12.4. The Morgan fingerprint density at radius 3 is 2.59 bits per heavy atom. The summed E-state index contributed by atoms with van der Waals surface area (Å²) in [5.41, 5.74) is -2.72. The van der Waals surface area contributed by atoms with E-state index in [0.29, 0.717) is 6.07 Å². The van der Waals surface area contributed by atoms with Gasteiger partial charge in [0.2, 0.25) is 5.69 Å². The largest absolute Gasteiger partial charge is 0.477 e. The van der Waals surface area contributed by atoms with Crippen LogP contribution in [0.15, 0.2) is 6.07 Å². The van der Waals surface area contributed by atoms with Crippen LogP contribution in [0.1, 0.15) is 28.0 Å². The van der Waals surface area contributed by atoms with Gasteiger partial charge in [-0.3, -0.25) is 0 Å². The minimum absolute atomic E-state index is 0.509. The van der Waals surface area contributed by atoms with Gasteiger partial charge in [0.25, 0.3) is 0 Å². The highest BCUT2D eigenvalue weighted by molar-refractivity contribution is 5.92. The van der Waals surface area contributed by atoms with Crippen molar-refractivity contribution in [2.45, 2.75) is 6.43 Å². The molecule has 88 valence electrons. The van der Waals surface area contributed by atoms with E-state index in [-0.39, 0.29) is 0 Å². The number of halogens is 2. The number of carboxylic acid groups (broad SMARTS) is 1. The number of aromatic carboxylic acids is 1. The maximum Gasteiger partial charge on any atom is 0.378 e. The molecule has 0 saturated carbocycles. The summed E-state index contributed by atoms with van der Waals surface area (Å²) < 4.78 is 24.8. The zero-order chi connectivity index (χ0) is 13.2. The number of hydrogen-bond donors (Lipinski definition) is 1.